The molecule has 5 nitrogen and oxygen atoms in total. The van der Waals surface area contributed by atoms with Gasteiger partial charge in [0.05, 0.1) is 17.2 Å². The number of nitrogens with two attached hydrogens (primary N) is 1. The van der Waals surface area contributed by atoms with Crippen LogP contribution in [0.25, 0.3) is 10.9 Å². The molecule has 5 heteroatoms. The molecule has 2 aromatic heterocycles. The van der Waals surface area contributed by atoms with Crippen molar-refractivity contribution in [3.8, 4) is 5.88 Å². The first-order valence-electron chi connectivity index (χ1n) is 5.61. The van der Waals surface area contributed by atoms with Gasteiger partial charge in [-0.25, -0.2) is 0 Å². The Kier molecular flexibility index (Phi) is 2.44. The van der Waals surface area contributed by atoms with Crippen LogP contribution in [-0.4, -0.2) is 9.78 Å². The van der Waals surface area contributed by atoms with Gasteiger partial charge in [-0.3, -0.25) is 4.68 Å². The van der Waals surface area contributed by atoms with Gasteiger partial charge in [0.2, 0.25) is 5.88 Å². The van der Waals surface area contributed by atoms with E-state index in [1.807, 2.05) is 37.4 Å². The Morgan fingerprint density at radius 1 is 1.39 bits per heavy atom. The van der Waals surface area contributed by atoms with Crippen LogP contribution < -0.4 is 10.5 Å². The Morgan fingerprint density at radius 3 is 3.06 bits per heavy atom. The Morgan fingerprint density at radius 2 is 2.28 bits per heavy atom. The van der Waals surface area contributed by atoms with Gasteiger partial charge in [-0.05, 0) is 30.3 Å². The van der Waals surface area contributed by atoms with Gasteiger partial charge in [0, 0.05) is 12.7 Å². The molecule has 0 spiro atoms. The van der Waals surface area contributed by atoms with Gasteiger partial charge >= 0.3 is 0 Å². The second-order valence-corrected chi connectivity index (χ2v) is 4.07. The molecule has 0 aliphatic heterocycles. The van der Waals surface area contributed by atoms with Gasteiger partial charge in [0.15, 0.2) is 0 Å². The summed E-state index contributed by atoms with van der Waals surface area (Å²) < 4.78 is 12.6. The van der Waals surface area contributed by atoms with E-state index in [2.05, 4.69) is 5.10 Å². The third-order valence-corrected chi connectivity index (χ3v) is 2.77. The Labute approximate surface area is 104 Å². The van der Waals surface area contributed by atoms with Crippen LogP contribution in [0, 0.1) is 0 Å². The average Bonchev–Trinajstić information content (AvgIpc) is 2.95. The molecule has 3 aromatic rings. The number of nitrogens with zero attached hydrogens (tertiary/aromatic N) is 2. The molecule has 0 atom stereocenters. The predicted molar refractivity (Wildman–Crippen MR) is 68.2 cm³/mol. The second-order valence-electron chi connectivity index (χ2n) is 4.07. The van der Waals surface area contributed by atoms with Crippen molar-refractivity contribution in [2.45, 2.75) is 6.61 Å². The van der Waals surface area contributed by atoms with Crippen LogP contribution in [-0.2, 0) is 13.7 Å². The third-order valence-electron chi connectivity index (χ3n) is 2.77. The average molecular weight is 243 g/mol. The van der Waals surface area contributed by atoms with Gasteiger partial charge in [-0.15, -0.1) is 5.10 Å². The molecule has 2 heterocycles. The molecule has 0 saturated heterocycles. The molecule has 3 rings (SSSR count). The number of aryl methyl sites for hydroxylation is 1. The lowest BCUT2D eigenvalue weighted by atomic mass is 10.2. The molecule has 0 aliphatic carbocycles. The molecular weight excluding hydrogens is 230 g/mol. The van der Waals surface area contributed by atoms with Gasteiger partial charge < -0.3 is 14.9 Å². The maximum Gasteiger partial charge on any atom is 0.241 e. The lowest BCUT2D eigenvalue weighted by Gasteiger charge is -2.00. The van der Waals surface area contributed by atoms with Gasteiger partial charge in [0.1, 0.15) is 12.4 Å². The molecule has 0 aliphatic rings. The minimum atomic E-state index is 0.355. The van der Waals surface area contributed by atoms with Crippen LogP contribution in [0.5, 0.6) is 5.88 Å². The number of fused-ring (bicyclic) bond motifs is 1. The van der Waals surface area contributed by atoms with E-state index >= 15 is 0 Å². The lowest BCUT2D eigenvalue weighted by molar-refractivity contribution is 0.261. The van der Waals surface area contributed by atoms with Crippen molar-refractivity contribution in [2.75, 3.05) is 5.73 Å². The highest BCUT2D eigenvalue weighted by molar-refractivity contribution is 5.87. The first kappa shape index (κ1) is 10.7. The molecule has 0 fully saturated rings. The normalized spacial score (nSPS) is 10.9. The van der Waals surface area contributed by atoms with Crippen molar-refractivity contribution < 1.29 is 9.15 Å². The monoisotopic (exact) mass is 243 g/mol. The SMILES string of the molecule is Cn1nc(OCc2ccco2)c2cc(N)ccc21. The number of hydrogen-bond acceptors (Lipinski definition) is 4. The number of nitrogen functional groups attached to an aromatic ring is 1. The van der Waals surface area contributed by atoms with Crippen LogP contribution >= 0.6 is 0 Å². The van der Waals surface area contributed by atoms with E-state index in [9.17, 15) is 0 Å². The summed E-state index contributed by atoms with van der Waals surface area (Å²) in [4.78, 5) is 0. The van der Waals surface area contributed by atoms with E-state index in [0.717, 1.165) is 16.7 Å². The Balaban J connectivity index is 1.94. The largest absolute Gasteiger partial charge is 0.468 e. The molecule has 0 unspecified atom stereocenters. The highest BCUT2D eigenvalue weighted by Gasteiger charge is 2.10. The van der Waals surface area contributed by atoms with Gasteiger partial charge in [-0.1, -0.05) is 0 Å². The Hall–Kier alpha value is -2.43. The summed E-state index contributed by atoms with van der Waals surface area (Å²) in [6.07, 6.45) is 1.62. The van der Waals surface area contributed by atoms with Crippen molar-refractivity contribution in [1.82, 2.24) is 9.78 Å². The topological polar surface area (TPSA) is 66.2 Å². The zero-order valence-corrected chi connectivity index (χ0v) is 9.96. The predicted octanol–water partition coefficient (Wildman–Crippen LogP) is 2.33. The minimum absolute atomic E-state index is 0.355. The smallest absolute Gasteiger partial charge is 0.241 e. The molecule has 0 amide bonds. The molecule has 1 aromatic carbocycles. The standard InChI is InChI=1S/C13H13N3O2/c1-16-12-5-4-9(14)7-11(12)13(15-16)18-8-10-3-2-6-17-10/h2-7H,8,14H2,1H3. The second kappa shape index (κ2) is 4.10. The number of benzene rings is 1. The van der Waals surface area contributed by atoms with Crippen molar-refractivity contribution in [2.24, 2.45) is 7.05 Å². The van der Waals surface area contributed by atoms with Crippen molar-refractivity contribution >= 4 is 16.6 Å². The van der Waals surface area contributed by atoms with Gasteiger partial charge in [-0.2, -0.15) is 0 Å². The summed E-state index contributed by atoms with van der Waals surface area (Å²) in [5, 5.41) is 5.23. The third kappa shape index (κ3) is 1.79. The van der Waals surface area contributed by atoms with E-state index < -0.39 is 0 Å². The molecule has 0 bridgehead atoms. The molecule has 2 N–H and O–H groups in total. The molecule has 0 saturated carbocycles. The van der Waals surface area contributed by atoms with Gasteiger partial charge in [0.25, 0.3) is 0 Å². The zero-order valence-electron chi connectivity index (χ0n) is 9.96. The highest BCUT2D eigenvalue weighted by atomic mass is 16.5. The highest BCUT2D eigenvalue weighted by Crippen LogP contribution is 2.26. The lowest BCUT2D eigenvalue weighted by Crippen LogP contribution is -1.95. The number of furan rings is 1. The van der Waals surface area contributed by atoms with Crippen molar-refractivity contribution in [3.05, 3.63) is 42.4 Å². The fourth-order valence-electron chi connectivity index (χ4n) is 1.89. The number of anilines is 1. The van der Waals surface area contributed by atoms with E-state index in [1.54, 1.807) is 10.9 Å². The van der Waals surface area contributed by atoms with E-state index in [4.69, 9.17) is 14.9 Å². The van der Waals surface area contributed by atoms with E-state index in [1.165, 1.54) is 0 Å². The molecular formula is C13H13N3O2. The first-order valence-corrected chi connectivity index (χ1v) is 5.61. The Bertz CT molecular complexity index is 671. The summed E-state index contributed by atoms with van der Waals surface area (Å²) >= 11 is 0. The van der Waals surface area contributed by atoms with Crippen LogP contribution in [0.4, 0.5) is 5.69 Å². The molecule has 92 valence electrons. The summed E-state index contributed by atoms with van der Waals surface area (Å²) in [6, 6.07) is 9.32. The van der Waals surface area contributed by atoms with Crippen LogP contribution in [0.1, 0.15) is 5.76 Å². The van der Waals surface area contributed by atoms with Crippen LogP contribution in [0.15, 0.2) is 41.0 Å². The van der Waals surface area contributed by atoms with Crippen molar-refractivity contribution in [1.29, 1.82) is 0 Å². The van der Waals surface area contributed by atoms with E-state index in [0.29, 0.717) is 18.2 Å². The van der Waals surface area contributed by atoms with Crippen LogP contribution in [0.2, 0.25) is 0 Å². The quantitative estimate of drug-likeness (QED) is 0.717. The summed E-state index contributed by atoms with van der Waals surface area (Å²) in [6.45, 7) is 0.355. The molecule has 18 heavy (non-hydrogen) atoms. The maximum absolute atomic E-state index is 5.78. The number of aromatic nitrogens is 2. The van der Waals surface area contributed by atoms with Crippen LogP contribution in [0.3, 0.4) is 0 Å². The summed E-state index contributed by atoms with van der Waals surface area (Å²) in [5.74, 6) is 1.33. The fraction of sp³-hybridized carbons (Fsp3) is 0.154. The maximum atomic E-state index is 5.78. The number of hydrogen-bond donors (Lipinski definition) is 1. The van der Waals surface area contributed by atoms with Crippen molar-refractivity contribution in [3.63, 3.8) is 0 Å². The zero-order chi connectivity index (χ0) is 12.5. The fourth-order valence-corrected chi connectivity index (χ4v) is 1.89. The summed E-state index contributed by atoms with van der Waals surface area (Å²) in [5.41, 5.74) is 7.46. The number of ether oxygens (including phenoxy) is 1. The minimum Gasteiger partial charge on any atom is -0.468 e. The number of rotatable bonds is 3. The first-order chi connectivity index (χ1) is 8.74. The summed E-state index contributed by atoms with van der Waals surface area (Å²) in [7, 11) is 1.87. The molecule has 0 radical (unpaired) electrons. The van der Waals surface area contributed by atoms with E-state index in [-0.39, 0.29) is 0 Å².